The quantitative estimate of drug-likeness (QED) is 0.740. The van der Waals surface area contributed by atoms with Crippen molar-refractivity contribution in [3.8, 4) is 0 Å². The van der Waals surface area contributed by atoms with E-state index in [1.807, 2.05) is 25.2 Å². The van der Waals surface area contributed by atoms with Gasteiger partial charge < -0.3 is 5.32 Å². The minimum absolute atomic E-state index is 0.905. The number of H-pyrrole nitrogens is 1. The van der Waals surface area contributed by atoms with Crippen molar-refractivity contribution >= 4 is 17.1 Å². The molecule has 0 atom stereocenters. The molecule has 0 aliphatic heterocycles. The van der Waals surface area contributed by atoms with Crippen LogP contribution in [0.1, 0.15) is 12.0 Å². The van der Waals surface area contributed by atoms with Crippen molar-refractivity contribution in [2.75, 3.05) is 13.6 Å². The summed E-state index contributed by atoms with van der Waals surface area (Å²) in [6, 6.07) is 6.03. The second-order valence-corrected chi connectivity index (χ2v) is 3.37. The fraction of sp³-hybridized carbons (Fsp3) is 0.273. The van der Waals surface area contributed by atoms with Crippen molar-refractivity contribution in [2.45, 2.75) is 6.42 Å². The van der Waals surface area contributed by atoms with Crippen LogP contribution in [0.25, 0.3) is 17.1 Å². The van der Waals surface area contributed by atoms with E-state index in [2.05, 4.69) is 32.9 Å². The molecule has 4 nitrogen and oxygen atoms in total. The van der Waals surface area contributed by atoms with Crippen molar-refractivity contribution in [3.63, 3.8) is 0 Å². The normalized spacial score (nSPS) is 11.5. The highest BCUT2D eigenvalue weighted by Crippen LogP contribution is 2.11. The Morgan fingerprint density at radius 3 is 3.07 bits per heavy atom. The monoisotopic (exact) mass is 202 g/mol. The van der Waals surface area contributed by atoms with Gasteiger partial charge in [-0.05, 0) is 37.7 Å². The highest BCUT2D eigenvalue weighted by Gasteiger charge is 1.96. The smallest absolute Gasteiger partial charge is 0.113 e. The Balaban J connectivity index is 2.10. The summed E-state index contributed by atoms with van der Waals surface area (Å²) in [6.45, 7) is 1.00. The molecule has 0 saturated heterocycles. The van der Waals surface area contributed by atoms with Gasteiger partial charge in [0.05, 0.1) is 0 Å². The second kappa shape index (κ2) is 4.70. The molecule has 0 amide bonds. The zero-order valence-corrected chi connectivity index (χ0v) is 8.70. The van der Waals surface area contributed by atoms with Crippen LogP contribution in [0.15, 0.2) is 24.3 Å². The van der Waals surface area contributed by atoms with E-state index in [0.717, 1.165) is 29.6 Å². The zero-order valence-electron chi connectivity index (χ0n) is 8.70. The molecule has 0 aliphatic carbocycles. The van der Waals surface area contributed by atoms with Crippen LogP contribution in [-0.2, 0) is 0 Å². The van der Waals surface area contributed by atoms with Gasteiger partial charge in [-0.15, -0.1) is 0 Å². The van der Waals surface area contributed by atoms with Crippen LogP contribution in [0.5, 0.6) is 0 Å². The highest BCUT2D eigenvalue weighted by molar-refractivity contribution is 5.76. The Labute approximate surface area is 88.4 Å². The Hall–Kier alpha value is -1.68. The predicted octanol–water partition coefficient (Wildman–Crippen LogP) is 1.58. The van der Waals surface area contributed by atoms with Gasteiger partial charge in [0.25, 0.3) is 0 Å². The van der Waals surface area contributed by atoms with Gasteiger partial charge in [0, 0.05) is 0 Å². The maximum Gasteiger partial charge on any atom is 0.113 e. The number of nitrogens with one attached hydrogen (secondary N) is 2. The van der Waals surface area contributed by atoms with Crippen LogP contribution in [0.4, 0.5) is 0 Å². The number of hydrogen-bond donors (Lipinski definition) is 2. The third-order valence-corrected chi connectivity index (χ3v) is 2.21. The Morgan fingerprint density at radius 2 is 2.20 bits per heavy atom. The van der Waals surface area contributed by atoms with Gasteiger partial charge >= 0.3 is 0 Å². The van der Waals surface area contributed by atoms with Gasteiger partial charge in [0.1, 0.15) is 11.0 Å². The SMILES string of the molecule is CNCCC=Cc1ccc2n[nH]nc2c1. The summed E-state index contributed by atoms with van der Waals surface area (Å²) in [7, 11) is 1.95. The van der Waals surface area contributed by atoms with Crippen LogP contribution in [-0.4, -0.2) is 29.0 Å². The molecule has 2 aromatic rings. The van der Waals surface area contributed by atoms with E-state index >= 15 is 0 Å². The average molecular weight is 202 g/mol. The average Bonchev–Trinajstić information content (AvgIpc) is 2.71. The lowest BCUT2D eigenvalue weighted by Crippen LogP contribution is -2.05. The van der Waals surface area contributed by atoms with E-state index in [0.29, 0.717) is 0 Å². The molecule has 2 N–H and O–H groups in total. The zero-order chi connectivity index (χ0) is 10.5. The van der Waals surface area contributed by atoms with E-state index in [1.165, 1.54) is 0 Å². The predicted molar refractivity (Wildman–Crippen MR) is 61.5 cm³/mol. The summed E-state index contributed by atoms with van der Waals surface area (Å²) in [5.74, 6) is 0. The lowest BCUT2D eigenvalue weighted by atomic mass is 10.2. The molecule has 4 heteroatoms. The summed E-state index contributed by atoms with van der Waals surface area (Å²) in [5, 5.41) is 13.7. The van der Waals surface area contributed by atoms with Gasteiger partial charge in [-0.3, -0.25) is 0 Å². The first-order valence-corrected chi connectivity index (χ1v) is 5.02. The number of nitrogens with zero attached hydrogens (tertiary/aromatic N) is 2. The van der Waals surface area contributed by atoms with Gasteiger partial charge in [-0.1, -0.05) is 18.2 Å². The standard InChI is InChI=1S/C11H14N4/c1-12-7-3-2-4-9-5-6-10-11(8-9)14-15-13-10/h2,4-6,8,12H,3,7H2,1H3,(H,13,14,15). The first-order valence-electron chi connectivity index (χ1n) is 5.02. The number of hydrogen-bond acceptors (Lipinski definition) is 3. The van der Waals surface area contributed by atoms with Crippen LogP contribution in [0.2, 0.25) is 0 Å². The van der Waals surface area contributed by atoms with Crippen molar-refractivity contribution in [1.29, 1.82) is 0 Å². The minimum atomic E-state index is 0.905. The Kier molecular flexibility index (Phi) is 3.09. The van der Waals surface area contributed by atoms with Gasteiger partial charge in [0.15, 0.2) is 0 Å². The summed E-state index contributed by atoms with van der Waals surface area (Å²) < 4.78 is 0. The van der Waals surface area contributed by atoms with Crippen LogP contribution < -0.4 is 5.32 Å². The molecule has 1 aromatic heterocycles. The number of aromatic amines is 1. The topological polar surface area (TPSA) is 53.6 Å². The first-order chi connectivity index (χ1) is 7.40. The third kappa shape index (κ3) is 2.41. The summed E-state index contributed by atoms with van der Waals surface area (Å²) in [6.07, 6.45) is 5.29. The fourth-order valence-electron chi connectivity index (χ4n) is 1.41. The van der Waals surface area contributed by atoms with Crippen molar-refractivity contribution < 1.29 is 0 Å². The molecule has 0 fully saturated rings. The van der Waals surface area contributed by atoms with E-state index < -0.39 is 0 Å². The second-order valence-electron chi connectivity index (χ2n) is 3.37. The Morgan fingerprint density at radius 1 is 1.33 bits per heavy atom. The van der Waals surface area contributed by atoms with E-state index in [4.69, 9.17) is 0 Å². The number of fused-ring (bicyclic) bond motifs is 1. The first kappa shape index (κ1) is 9.86. The molecule has 0 unspecified atom stereocenters. The van der Waals surface area contributed by atoms with Crippen LogP contribution >= 0.6 is 0 Å². The maximum absolute atomic E-state index is 4.04. The lowest BCUT2D eigenvalue weighted by molar-refractivity contribution is 0.809. The molecule has 78 valence electrons. The van der Waals surface area contributed by atoms with Crippen molar-refractivity contribution in [3.05, 3.63) is 29.8 Å². The summed E-state index contributed by atoms with van der Waals surface area (Å²) in [4.78, 5) is 0. The third-order valence-electron chi connectivity index (χ3n) is 2.21. The molecule has 0 spiro atoms. The maximum atomic E-state index is 4.04. The van der Waals surface area contributed by atoms with E-state index in [9.17, 15) is 0 Å². The fourth-order valence-corrected chi connectivity index (χ4v) is 1.41. The van der Waals surface area contributed by atoms with Gasteiger partial charge in [-0.2, -0.15) is 15.4 Å². The van der Waals surface area contributed by atoms with Gasteiger partial charge in [0.2, 0.25) is 0 Å². The molecule has 0 aliphatic rings. The Bertz CT molecular complexity index is 458. The number of rotatable bonds is 4. The molecular formula is C11H14N4. The van der Waals surface area contributed by atoms with Crippen LogP contribution in [0, 0.1) is 0 Å². The van der Waals surface area contributed by atoms with E-state index in [1.54, 1.807) is 0 Å². The molecular weight excluding hydrogens is 188 g/mol. The molecule has 15 heavy (non-hydrogen) atoms. The molecule has 2 rings (SSSR count). The molecule has 1 heterocycles. The van der Waals surface area contributed by atoms with Gasteiger partial charge in [-0.25, -0.2) is 0 Å². The molecule has 0 radical (unpaired) electrons. The number of benzene rings is 1. The molecule has 0 saturated carbocycles. The lowest BCUT2D eigenvalue weighted by Gasteiger charge is -1.93. The highest BCUT2D eigenvalue weighted by atomic mass is 15.3. The minimum Gasteiger partial charge on any atom is -0.319 e. The molecule has 0 bridgehead atoms. The van der Waals surface area contributed by atoms with Crippen molar-refractivity contribution in [2.24, 2.45) is 0 Å². The summed E-state index contributed by atoms with van der Waals surface area (Å²) in [5.41, 5.74) is 2.97. The summed E-state index contributed by atoms with van der Waals surface area (Å²) >= 11 is 0. The largest absolute Gasteiger partial charge is 0.319 e. The van der Waals surface area contributed by atoms with Crippen LogP contribution in [0.3, 0.4) is 0 Å². The number of aromatic nitrogens is 3. The van der Waals surface area contributed by atoms with E-state index in [-0.39, 0.29) is 0 Å². The molecule has 1 aromatic carbocycles. The van der Waals surface area contributed by atoms with Crippen molar-refractivity contribution in [1.82, 2.24) is 20.7 Å².